The third kappa shape index (κ3) is 2.85. The lowest BCUT2D eigenvalue weighted by molar-refractivity contribution is 0.112. The van der Waals surface area contributed by atoms with Crippen molar-refractivity contribution >= 4 is 6.29 Å². The molecule has 0 N–H and O–H groups in total. The number of hydrogen-bond donors (Lipinski definition) is 0. The van der Waals surface area contributed by atoms with Crippen LogP contribution in [0.2, 0.25) is 0 Å². The zero-order valence-electron chi connectivity index (χ0n) is 8.45. The van der Waals surface area contributed by atoms with E-state index in [-0.39, 0.29) is 0 Å². The summed E-state index contributed by atoms with van der Waals surface area (Å²) >= 11 is 0. The molecule has 1 rings (SSSR count). The zero-order valence-corrected chi connectivity index (χ0v) is 8.45. The molecule has 0 aliphatic rings. The highest BCUT2D eigenvalue weighted by Crippen LogP contribution is 2.15. The predicted molar refractivity (Wildman–Crippen MR) is 53.9 cm³/mol. The fourth-order valence-electron chi connectivity index (χ4n) is 1.11. The second kappa shape index (κ2) is 5.40. The smallest absolute Gasteiger partial charge is 0.150 e. The van der Waals surface area contributed by atoms with Crippen molar-refractivity contribution in [2.75, 3.05) is 20.3 Å². The first-order valence-corrected chi connectivity index (χ1v) is 4.45. The maximum Gasteiger partial charge on any atom is 0.150 e. The van der Waals surface area contributed by atoms with Crippen LogP contribution in [0, 0.1) is 6.92 Å². The predicted octanol–water partition coefficient (Wildman–Crippen LogP) is 1.83. The molecule has 1 aromatic carbocycles. The normalized spacial score (nSPS) is 9.86. The van der Waals surface area contributed by atoms with Crippen LogP contribution in [0.4, 0.5) is 0 Å². The number of aldehydes is 1. The van der Waals surface area contributed by atoms with Gasteiger partial charge in [-0.1, -0.05) is 0 Å². The Hall–Kier alpha value is -1.35. The largest absolute Gasteiger partial charge is 0.491 e. The van der Waals surface area contributed by atoms with Crippen molar-refractivity contribution in [2.45, 2.75) is 6.92 Å². The monoisotopic (exact) mass is 194 g/mol. The van der Waals surface area contributed by atoms with E-state index in [1.165, 1.54) is 0 Å². The van der Waals surface area contributed by atoms with E-state index >= 15 is 0 Å². The van der Waals surface area contributed by atoms with Gasteiger partial charge in [-0.25, -0.2) is 0 Å². The lowest BCUT2D eigenvalue weighted by Gasteiger charge is -2.06. The Morgan fingerprint density at radius 1 is 1.36 bits per heavy atom. The van der Waals surface area contributed by atoms with Crippen molar-refractivity contribution in [3.63, 3.8) is 0 Å². The molecule has 3 heteroatoms. The quantitative estimate of drug-likeness (QED) is 0.530. The van der Waals surface area contributed by atoms with Gasteiger partial charge in [0.2, 0.25) is 0 Å². The van der Waals surface area contributed by atoms with E-state index in [1.54, 1.807) is 19.2 Å². The Bertz CT molecular complexity index is 307. The van der Waals surface area contributed by atoms with E-state index in [0.29, 0.717) is 18.8 Å². The molecule has 76 valence electrons. The van der Waals surface area contributed by atoms with E-state index in [0.717, 1.165) is 17.6 Å². The SMILES string of the molecule is COCCOc1ccc(C=O)c(C)c1. The van der Waals surface area contributed by atoms with Gasteiger partial charge in [-0.3, -0.25) is 4.79 Å². The molecule has 0 bridgehead atoms. The molecule has 0 aliphatic heterocycles. The Labute approximate surface area is 83.6 Å². The van der Waals surface area contributed by atoms with E-state index in [9.17, 15) is 4.79 Å². The summed E-state index contributed by atoms with van der Waals surface area (Å²) in [5.74, 6) is 0.769. The van der Waals surface area contributed by atoms with Crippen LogP contribution < -0.4 is 4.74 Å². The third-order valence-corrected chi connectivity index (χ3v) is 1.92. The highest BCUT2D eigenvalue weighted by atomic mass is 16.5. The number of rotatable bonds is 5. The Kier molecular flexibility index (Phi) is 4.13. The van der Waals surface area contributed by atoms with Crippen molar-refractivity contribution in [2.24, 2.45) is 0 Å². The molecule has 0 radical (unpaired) electrons. The van der Waals surface area contributed by atoms with Gasteiger partial charge in [-0.05, 0) is 30.7 Å². The maximum absolute atomic E-state index is 10.5. The van der Waals surface area contributed by atoms with Crippen LogP contribution in [-0.4, -0.2) is 26.6 Å². The number of benzene rings is 1. The summed E-state index contributed by atoms with van der Waals surface area (Å²) in [5, 5.41) is 0. The molecule has 0 saturated heterocycles. The summed E-state index contributed by atoms with van der Waals surface area (Å²) in [6.07, 6.45) is 0.842. The van der Waals surface area contributed by atoms with E-state index < -0.39 is 0 Å². The van der Waals surface area contributed by atoms with Crippen LogP contribution in [0.15, 0.2) is 18.2 Å². The molecule has 0 unspecified atom stereocenters. The topological polar surface area (TPSA) is 35.5 Å². The van der Waals surface area contributed by atoms with Gasteiger partial charge in [-0.2, -0.15) is 0 Å². The van der Waals surface area contributed by atoms with Crippen molar-refractivity contribution in [1.29, 1.82) is 0 Å². The summed E-state index contributed by atoms with van der Waals surface area (Å²) in [4.78, 5) is 10.5. The molecule has 0 aliphatic carbocycles. The molecule has 0 atom stereocenters. The van der Waals surface area contributed by atoms with Gasteiger partial charge < -0.3 is 9.47 Å². The molecule has 0 fully saturated rings. The minimum absolute atomic E-state index is 0.524. The molecule has 1 aromatic rings. The summed E-state index contributed by atoms with van der Waals surface area (Å²) < 4.78 is 10.2. The van der Waals surface area contributed by atoms with Gasteiger partial charge in [0.05, 0.1) is 6.61 Å². The molecule has 14 heavy (non-hydrogen) atoms. The van der Waals surface area contributed by atoms with Crippen molar-refractivity contribution in [1.82, 2.24) is 0 Å². The first kappa shape index (κ1) is 10.7. The van der Waals surface area contributed by atoms with Gasteiger partial charge in [0, 0.05) is 12.7 Å². The standard InChI is InChI=1S/C11H14O3/c1-9-7-11(14-6-5-13-2)4-3-10(9)8-12/h3-4,7-8H,5-6H2,1-2H3. The minimum Gasteiger partial charge on any atom is -0.491 e. The van der Waals surface area contributed by atoms with E-state index in [2.05, 4.69) is 0 Å². The number of hydrogen-bond acceptors (Lipinski definition) is 3. The van der Waals surface area contributed by atoms with Gasteiger partial charge >= 0.3 is 0 Å². The number of aryl methyl sites for hydroxylation is 1. The molecular weight excluding hydrogens is 180 g/mol. The highest BCUT2D eigenvalue weighted by molar-refractivity contribution is 5.77. The van der Waals surface area contributed by atoms with Gasteiger partial charge in [0.25, 0.3) is 0 Å². The Morgan fingerprint density at radius 2 is 2.14 bits per heavy atom. The fraction of sp³-hybridized carbons (Fsp3) is 0.364. The summed E-state index contributed by atoms with van der Waals surface area (Å²) in [6.45, 7) is 2.97. The molecular formula is C11H14O3. The lowest BCUT2D eigenvalue weighted by Crippen LogP contribution is -2.04. The second-order valence-corrected chi connectivity index (χ2v) is 2.98. The maximum atomic E-state index is 10.5. The highest BCUT2D eigenvalue weighted by Gasteiger charge is 1.99. The zero-order chi connectivity index (χ0) is 10.4. The van der Waals surface area contributed by atoms with Crippen molar-refractivity contribution < 1.29 is 14.3 Å². The Morgan fingerprint density at radius 3 is 2.71 bits per heavy atom. The summed E-state index contributed by atoms with van der Waals surface area (Å²) in [5.41, 5.74) is 1.62. The lowest BCUT2D eigenvalue weighted by atomic mass is 10.1. The van der Waals surface area contributed by atoms with Crippen molar-refractivity contribution in [3.8, 4) is 5.75 Å². The van der Waals surface area contributed by atoms with Crippen LogP contribution in [0.1, 0.15) is 15.9 Å². The minimum atomic E-state index is 0.524. The second-order valence-electron chi connectivity index (χ2n) is 2.98. The first-order chi connectivity index (χ1) is 6.77. The number of carbonyl (C=O) groups excluding carboxylic acids is 1. The van der Waals surface area contributed by atoms with Gasteiger partial charge in [-0.15, -0.1) is 0 Å². The molecule has 0 aromatic heterocycles. The number of carbonyl (C=O) groups is 1. The van der Waals surface area contributed by atoms with Crippen LogP contribution >= 0.6 is 0 Å². The number of ether oxygens (including phenoxy) is 2. The van der Waals surface area contributed by atoms with E-state index in [1.807, 2.05) is 13.0 Å². The van der Waals surface area contributed by atoms with Crippen LogP contribution in [0.3, 0.4) is 0 Å². The summed E-state index contributed by atoms with van der Waals surface area (Å²) in [6, 6.07) is 5.39. The van der Waals surface area contributed by atoms with E-state index in [4.69, 9.17) is 9.47 Å². The van der Waals surface area contributed by atoms with Gasteiger partial charge in [0.1, 0.15) is 18.6 Å². The Balaban J connectivity index is 2.62. The average molecular weight is 194 g/mol. The molecule has 3 nitrogen and oxygen atoms in total. The van der Waals surface area contributed by atoms with Crippen LogP contribution in [0.5, 0.6) is 5.75 Å². The fourth-order valence-corrected chi connectivity index (χ4v) is 1.11. The number of methoxy groups -OCH3 is 1. The molecule has 0 amide bonds. The van der Waals surface area contributed by atoms with Crippen LogP contribution in [0.25, 0.3) is 0 Å². The molecule has 0 heterocycles. The molecule has 0 saturated carbocycles. The average Bonchev–Trinajstić information content (AvgIpc) is 2.18. The van der Waals surface area contributed by atoms with Gasteiger partial charge in [0.15, 0.2) is 0 Å². The molecule has 0 spiro atoms. The van der Waals surface area contributed by atoms with Crippen LogP contribution in [-0.2, 0) is 4.74 Å². The first-order valence-electron chi connectivity index (χ1n) is 4.45. The summed E-state index contributed by atoms with van der Waals surface area (Å²) in [7, 11) is 1.63. The third-order valence-electron chi connectivity index (χ3n) is 1.92. The van der Waals surface area contributed by atoms with Crippen molar-refractivity contribution in [3.05, 3.63) is 29.3 Å².